The molecule has 0 radical (unpaired) electrons. The highest BCUT2D eigenvalue weighted by Gasteiger charge is 2.18. The van der Waals surface area contributed by atoms with Crippen molar-refractivity contribution in [3.63, 3.8) is 0 Å². The number of aromatic nitrogens is 3. The molecule has 0 aliphatic rings. The lowest BCUT2D eigenvalue weighted by Gasteiger charge is -2.18. The molecule has 0 aliphatic heterocycles. The Balaban J connectivity index is 2.03. The van der Waals surface area contributed by atoms with Crippen LogP contribution in [0.3, 0.4) is 0 Å². The second-order valence-corrected chi connectivity index (χ2v) is 5.65. The van der Waals surface area contributed by atoms with Crippen molar-refractivity contribution < 1.29 is 9.50 Å². The van der Waals surface area contributed by atoms with E-state index in [1.54, 1.807) is 50.8 Å². The van der Waals surface area contributed by atoms with Crippen molar-refractivity contribution >= 4 is 0 Å². The summed E-state index contributed by atoms with van der Waals surface area (Å²) < 4.78 is 14.4. The number of pyridine rings is 1. The van der Waals surface area contributed by atoms with Crippen LogP contribution in [0.15, 0.2) is 49.1 Å². The topological polar surface area (TPSA) is 61.8 Å². The SMILES string of the molecule is CC(C)(O)c1ccc(-c2cncc(-c3ncc[nH]3)c2)c(F)c1. The Bertz CT molecular complexity index is 792. The molecule has 4 nitrogen and oxygen atoms in total. The fourth-order valence-electron chi connectivity index (χ4n) is 2.27. The number of rotatable bonds is 3. The zero-order valence-corrected chi connectivity index (χ0v) is 12.3. The molecule has 0 fully saturated rings. The Labute approximate surface area is 127 Å². The van der Waals surface area contributed by atoms with Crippen molar-refractivity contribution in [3.05, 3.63) is 60.4 Å². The Hall–Kier alpha value is -2.53. The minimum atomic E-state index is -1.08. The van der Waals surface area contributed by atoms with Crippen molar-refractivity contribution in [2.24, 2.45) is 0 Å². The Morgan fingerprint density at radius 1 is 1.14 bits per heavy atom. The molecule has 0 atom stereocenters. The molecule has 2 heterocycles. The van der Waals surface area contributed by atoms with Crippen LogP contribution in [0.5, 0.6) is 0 Å². The summed E-state index contributed by atoms with van der Waals surface area (Å²) in [6.07, 6.45) is 6.65. The van der Waals surface area contributed by atoms with Gasteiger partial charge in [0.2, 0.25) is 0 Å². The second kappa shape index (κ2) is 5.35. The van der Waals surface area contributed by atoms with E-state index >= 15 is 0 Å². The molecule has 0 aliphatic carbocycles. The number of benzene rings is 1. The van der Waals surface area contributed by atoms with E-state index in [1.165, 1.54) is 6.07 Å². The van der Waals surface area contributed by atoms with Gasteiger partial charge in [0.25, 0.3) is 0 Å². The number of imidazole rings is 1. The quantitative estimate of drug-likeness (QED) is 0.777. The van der Waals surface area contributed by atoms with Gasteiger partial charge in [-0.05, 0) is 31.5 Å². The summed E-state index contributed by atoms with van der Waals surface area (Å²) >= 11 is 0. The summed E-state index contributed by atoms with van der Waals surface area (Å²) in [5.41, 5.74) is 1.34. The first-order valence-electron chi connectivity index (χ1n) is 6.93. The first kappa shape index (κ1) is 14.4. The number of aromatic amines is 1. The third-order valence-electron chi connectivity index (χ3n) is 3.50. The lowest BCUT2D eigenvalue weighted by molar-refractivity contribution is 0.0782. The van der Waals surface area contributed by atoms with Gasteiger partial charge >= 0.3 is 0 Å². The van der Waals surface area contributed by atoms with E-state index in [9.17, 15) is 9.50 Å². The highest BCUT2D eigenvalue weighted by atomic mass is 19.1. The van der Waals surface area contributed by atoms with Crippen molar-refractivity contribution in [1.82, 2.24) is 15.0 Å². The van der Waals surface area contributed by atoms with Crippen LogP contribution in [-0.2, 0) is 5.60 Å². The molecule has 5 heteroatoms. The molecule has 0 bridgehead atoms. The van der Waals surface area contributed by atoms with E-state index in [0.29, 0.717) is 22.5 Å². The first-order valence-corrected chi connectivity index (χ1v) is 6.93. The number of H-pyrrole nitrogens is 1. The van der Waals surface area contributed by atoms with Gasteiger partial charge in [0.15, 0.2) is 0 Å². The predicted octanol–water partition coefficient (Wildman–Crippen LogP) is 3.51. The largest absolute Gasteiger partial charge is 0.386 e. The molecule has 0 saturated heterocycles. The van der Waals surface area contributed by atoms with Crippen LogP contribution in [0.1, 0.15) is 19.4 Å². The van der Waals surface area contributed by atoms with E-state index in [4.69, 9.17) is 0 Å². The minimum absolute atomic E-state index is 0.391. The standard InChI is InChI=1S/C17H16FN3O/c1-17(2,22)13-3-4-14(15(18)8-13)11-7-12(10-19-9-11)16-20-5-6-21-16/h3-10,22H,1-2H3,(H,20,21). The number of nitrogens with one attached hydrogen (secondary N) is 1. The van der Waals surface area contributed by atoms with Gasteiger partial charge < -0.3 is 10.1 Å². The van der Waals surface area contributed by atoms with Crippen molar-refractivity contribution in [2.45, 2.75) is 19.4 Å². The smallest absolute Gasteiger partial charge is 0.138 e. The van der Waals surface area contributed by atoms with Gasteiger partial charge in [-0.3, -0.25) is 4.98 Å². The van der Waals surface area contributed by atoms with Crippen LogP contribution in [0, 0.1) is 5.82 Å². The molecule has 0 amide bonds. The van der Waals surface area contributed by atoms with E-state index in [2.05, 4.69) is 15.0 Å². The summed E-state index contributed by atoms with van der Waals surface area (Å²) in [6.45, 7) is 3.25. The van der Waals surface area contributed by atoms with Gasteiger partial charge in [0, 0.05) is 41.5 Å². The molecular formula is C17H16FN3O. The second-order valence-electron chi connectivity index (χ2n) is 5.65. The first-order chi connectivity index (χ1) is 10.4. The summed E-state index contributed by atoms with van der Waals surface area (Å²) in [5, 5.41) is 9.95. The molecule has 3 aromatic rings. The maximum atomic E-state index is 14.4. The lowest BCUT2D eigenvalue weighted by Crippen LogP contribution is -2.15. The fraction of sp³-hybridized carbons (Fsp3) is 0.176. The van der Waals surface area contributed by atoms with E-state index in [-0.39, 0.29) is 0 Å². The van der Waals surface area contributed by atoms with Gasteiger partial charge in [0.05, 0.1) is 5.60 Å². The fourth-order valence-corrected chi connectivity index (χ4v) is 2.27. The molecule has 0 saturated carbocycles. The molecular weight excluding hydrogens is 281 g/mol. The van der Waals surface area contributed by atoms with Gasteiger partial charge in [-0.2, -0.15) is 0 Å². The third-order valence-corrected chi connectivity index (χ3v) is 3.50. The number of aliphatic hydroxyl groups is 1. The molecule has 22 heavy (non-hydrogen) atoms. The van der Waals surface area contributed by atoms with Crippen LogP contribution in [0.25, 0.3) is 22.5 Å². The summed E-state index contributed by atoms with van der Waals surface area (Å²) in [6, 6.07) is 6.56. The molecule has 3 rings (SSSR count). The van der Waals surface area contributed by atoms with E-state index in [0.717, 1.165) is 5.56 Å². The zero-order chi connectivity index (χ0) is 15.7. The van der Waals surface area contributed by atoms with Crippen LogP contribution >= 0.6 is 0 Å². The predicted molar refractivity (Wildman–Crippen MR) is 82.5 cm³/mol. The summed E-state index contributed by atoms with van der Waals surface area (Å²) in [7, 11) is 0. The van der Waals surface area contributed by atoms with Crippen LogP contribution < -0.4 is 0 Å². The van der Waals surface area contributed by atoms with Crippen LogP contribution in [0.4, 0.5) is 4.39 Å². The van der Waals surface area contributed by atoms with Gasteiger partial charge in [-0.1, -0.05) is 12.1 Å². The van der Waals surface area contributed by atoms with Gasteiger partial charge in [0.1, 0.15) is 11.6 Å². The maximum absolute atomic E-state index is 14.4. The van der Waals surface area contributed by atoms with Crippen LogP contribution in [-0.4, -0.2) is 20.1 Å². The lowest BCUT2D eigenvalue weighted by atomic mass is 9.95. The van der Waals surface area contributed by atoms with Crippen molar-refractivity contribution in [3.8, 4) is 22.5 Å². The van der Waals surface area contributed by atoms with Crippen LogP contribution in [0.2, 0.25) is 0 Å². The number of nitrogens with zero attached hydrogens (tertiary/aromatic N) is 2. The average molecular weight is 297 g/mol. The maximum Gasteiger partial charge on any atom is 0.138 e. The summed E-state index contributed by atoms with van der Waals surface area (Å²) in [5.74, 6) is 0.292. The molecule has 0 spiro atoms. The molecule has 1 aromatic carbocycles. The normalized spacial score (nSPS) is 11.6. The molecule has 2 N–H and O–H groups in total. The van der Waals surface area contributed by atoms with Crippen molar-refractivity contribution in [2.75, 3.05) is 0 Å². The van der Waals surface area contributed by atoms with E-state index in [1.807, 2.05) is 6.07 Å². The Morgan fingerprint density at radius 2 is 1.91 bits per heavy atom. The summed E-state index contributed by atoms with van der Waals surface area (Å²) in [4.78, 5) is 11.3. The average Bonchev–Trinajstić information content (AvgIpc) is 3.00. The minimum Gasteiger partial charge on any atom is -0.386 e. The van der Waals surface area contributed by atoms with Crippen molar-refractivity contribution in [1.29, 1.82) is 0 Å². The Kier molecular flexibility index (Phi) is 3.50. The van der Waals surface area contributed by atoms with Gasteiger partial charge in [-0.25, -0.2) is 9.37 Å². The van der Waals surface area contributed by atoms with E-state index < -0.39 is 11.4 Å². The Morgan fingerprint density at radius 3 is 2.55 bits per heavy atom. The zero-order valence-electron chi connectivity index (χ0n) is 12.3. The highest BCUT2D eigenvalue weighted by Crippen LogP contribution is 2.29. The number of hydrogen-bond donors (Lipinski definition) is 2. The highest BCUT2D eigenvalue weighted by molar-refractivity contribution is 5.69. The monoisotopic (exact) mass is 297 g/mol. The van der Waals surface area contributed by atoms with Gasteiger partial charge in [-0.15, -0.1) is 0 Å². The number of halogens is 1. The molecule has 0 unspecified atom stereocenters. The molecule has 2 aromatic heterocycles. The third kappa shape index (κ3) is 2.76. The molecule has 112 valence electrons. The number of hydrogen-bond acceptors (Lipinski definition) is 3.